The smallest absolute Gasteiger partial charge is 0.262 e. The highest BCUT2D eigenvalue weighted by atomic mass is 32.2. The molecule has 3 rings (SSSR count). The Morgan fingerprint density at radius 3 is 2.62 bits per heavy atom. The van der Waals surface area contributed by atoms with Gasteiger partial charge in [0, 0.05) is 13.7 Å². The van der Waals surface area contributed by atoms with Crippen LogP contribution >= 0.6 is 11.8 Å². The quantitative estimate of drug-likeness (QED) is 0.329. The van der Waals surface area contributed by atoms with E-state index in [9.17, 15) is 9.59 Å². The lowest BCUT2D eigenvalue weighted by molar-refractivity contribution is -0.118. The number of thioether (sulfide) groups is 1. The first kappa shape index (κ1) is 20.9. The van der Waals surface area contributed by atoms with Crippen LogP contribution < -0.4 is 15.6 Å². The zero-order valence-corrected chi connectivity index (χ0v) is 17.2. The number of aromatic nitrogens is 2. The molecule has 0 aliphatic rings. The number of amides is 1. The molecule has 7 nitrogen and oxygen atoms in total. The summed E-state index contributed by atoms with van der Waals surface area (Å²) < 4.78 is 11.7. The summed E-state index contributed by atoms with van der Waals surface area (Å²) in [5, 5.41) is 3.83. The van der Waals surface area contributed by atoms with Crippen LogP contribution in [0.5, 0.6) is 5.75 Å². The molecule has 0 saturated carbocycles. The molecule has 0 atom stereocenters. The van der Waals surface area contributed by atoms with Gasteiger partial charge in [0.15, 0.2) is 5.16 Å². The van der Waals surface area contributed by atoms with Crippen LogP contribution in [0.4, 0.5) is 0 Å². The van der Waals surface area contributed by atoms with E-state index in [-0.39, 0.29) is 17.2 Å². The van der Waals surface area contributed by atoms with Gasteiger partial charge in [-0.25, -0.2) is 4.98 Å². The summed E-state index contributed by atoms with van der Waals surface area (Å²) in [6.07, 6.45) is 0. The number of carbonyl (C=O) groups is 1. The van der Waals surface area contributed by atoms with E-state index in [1.54, 1.807) is 30.9 Å². The second-order valence-corrected chi connectivity index (χ2v) is 7.22. The lowest BCUT2D eigenvalue weighted by Gasteiger charge is -2.13. The Morgan fingerprint density at radius 2 is 1.90 bits per heavy atom. The van der Waals surface area contributed by atoms with Crippen molar-refractivity contribution in [3.63, 3.8) is 0 Å². The van der Waals surface area contributed by atoms with E-state index in [0.717, 1.165) is 11.3 Å². The van der Waals surface area contributed by atoms with Crippen molar-refractivity contribution in [1.82, 2.24) is 14.9 Å². The maximum atomic E-state index is 13.1. The van der Waals surface area contributed by atoms with Crippen molar-refractivity contribution in [2.75, 3.05) is 33.1 Å². The topological polar surface area (TPSA) is 82.5 Å². The molecule has 0 spiro atoms. The maximum absolute atomic E-state index is 13.1. The van der Waals surface area contributed by atoms with E-state index < -0.39 is 0 Å². The molecule has 2 aromatic carbocycles. The minimum Gasteiger partial charge on any atom is -0.497 e. The van der Waals surface area contributed by atoms with Crippen LogP contribution in [-0.2, 0) is 16.1 Å². The lowest BCUT2D eigenvalue weighted by Crippen LogP contribution is -2.29. The summed E-state index contributed by atoms with van der Waals surface area (Å²) >= 11 is 1.24. The van der Waals surface area contributed by atoms with Crippen LogP contribution in [0.15, 0.2) is 58.5 Å². The van der Waals surface area contributed by atoms with Crippen LogP contribution in [0.3, 0.4) is 0 Å². The number of para-hydroxylation sites is 1. The number of benzene rings is 2. The SMILES string of the molecule is COCCNC(=O)CSc1nc2ccccc2c(=O)n1Cc1ccc(OC)cc1. The third kappa shape index (κ3) is 5.36. The number of ether oxygens (including phenoxy) is 2. The van der Waals surface area contributed by atoms with Gasteiger partial charge >= 0.3 is 0 Å². The Kier molecular flexibility index (Phi) is 7.26. The number of nitrogens with zero attached hydrogens (tertiary/aromatic N) is 2. The summed E-state index contributed by atoms with van der Waals surface area (Å²) in [5.74, 6) is 0.780. The van der Waals surface area contributed by atoms with E-state index in [0.29, 0.717) is 35.8 Å². The van der Waals surface area contributed by atoms with Crippen LogP contribution in [-0.4, -0.2) is 48.6 Å². The molecule has 0 aliphatic carbocycles. The van der Waals surface area contributed by atoms with Gasteiger partial charge in [-0.15, -0.1) is 0 Å². The van der Waals surface area contributed by atoms with Crippen molar-refractivity contribution < 1.29 is 14.3 Å². The highest BCUT2D eigenvalue weighted by Gasteiger charge is 2.13. The third-order valence-corrected chi connectivity index (χ3v) is 5.26. The molecule has 0 fully saturated rings. The van der Waals surface area contributed by atoms with Gasteiger partial charge in [-0.3, -0.25) is 14.2 Å². The second kappa shape index (κ2) is 10.1. The first-order chi connectivity index (χ1) is 14.1. The second-order valence-electron chi connectivity index (χ2n) is 6.28. The molecule has 0 radical (unpaired) electrons. The van der Waals surface area contributed by atoms with Crippen LogP contribution in [0.1, 0.15) is 5.56 Å². The van der Waals surface area contributed by atoms with Crippen molar-refractivity contribution in [2.24, 2.45) is 0 Å². The van der Waals surface area contributed by atoms with Crippen LogP contribution in [0.2, 0.25) is 0 Å². The fraction of sp³-hybridized carbons (Fsp3) is 0.286. The average Bonchev–Trinajstić information content (AvgIpc) is 2.75. The summed E-state index contributed by atoms with van der Waals surface area (Å²) in [6, 6.07) is 14.8. The predicted octanol–water partition coefficient (Wildman–Crippen LogP) is 2.31. The largest absolute Gasteiger partial charge is 0.497 e. The Labute approximate surface area is 173 Å². The Morgan fingerprint density at radius 1 is 1.14 bits per heavy atom. The summed E-state index contributed by atoms with van der Waals surface area (Å²) in [5.41, 5.74) is 1.43. The number of fused-ring (bicyclic) bond motifs is 1. The van der Waals surface area contributed by atoms with Crippen LogP contribution in [0, 0.1) is 0 Å². The first-order valence-corrected chi connectivity index (χ1v) is 10.1. The minimum absolute atomic E-state index is 0.131. The summed E-state index contributed by atoms with van der Waals surface area (Å²) in [4.78, 5) is 29.8. The molecule has 3 aromatic rings. The monoisotopic (exact) mass is 413 g/mol. The number of hydrogen-bond donors (Lipinski definition) is 1. The molecule has 29 heavy (non-hydrogen) atoms. The summed E-state index contributed by atoms with van der Waals surface area (Å²) in [7, 11) is 3.19. The molecule has 0 unspecified atom stereocenters. The maximum Gasteiger partial charge on any atom is 0.262 e. The Hall–Kier alpha value is -2.84. The molecule has 0 aliphatic heterocycles. The van der Waals surface area contributed by atoms with Gasteiger partial charge in [0.1, 0.15) is 5.75 Å². The standard InChI is InChI=1S/C21H23N3O4S/c1-27-12-11-22-19(25)14-29-21-23-18-6-4-3-5-17(18)20(26)24(21)13-15-7-9-16(28-2)10-8-15/h3-10H,11-14H2,1-2H3,(H,22,25). The van der Waals surface area contributed by atoms with Gasteiger partial charge in [-0.1, -0.05) is 36.0 Å². The molecular weight excluding hydrogens is 390 g/mol. The van der Waals surface area contributed by atoms with Crippen molar-refractivity contribution in [1.29, 1.82) is 0 Å². The molecule has 1 aromatic heterocycles. The molecule has 1 N–H and O–H groups in total. The average molecular weight is 413 g/mol. The van der Waals surface area contributed by atoms with Crippen molar-refractivity contribution in [2.45, 2.75) is 11.7 Å². The van der Waals surface area contributed by atoms with Gasteiger partial charge < -0.3 is 14.8 Å². The predicted molar refractivity (Wildman–Crippen MR) is 114 cm³/mol. The van der Waals surface area contributed by atoms with Gasteiger partial charge in [0.2, 0.25) is 5.91 Å². The molecule has 8 heteroatoms. The number of methoxy groups -OCH3 is 2. The molecule has 1 heterocycles. The van der Waals surface area contributed by atoms with Crippen molar-refractivity contribution in [3.05, 3.63) is 64.4 Å². The first-order valence-electron chi connectivity index (χ1n) is 9.13. The number of nitrogens with one attached hydrogen (secondary N) is 1. The summed E-state index contributed by atoms with van der Waals surface area (Å²) in [6.45, 7) is 1.25. The zero-order valence-electron chi connectivity index (χ0n) is 16.4. The molecule has 0 bridgehead atoms. The zero-order chi connectivity index (χ0) is 20.6. The van der Waals surface area contributed by atoms with E-state index in [4.69, 9.17) is 9.47 Å². The molecular formula is C21H23N3O4S. The van der Waals surface area contributed by atoms with Gasteiger partial charge in [-0.2, -0.15) is 0 Å². The van der Waals surface area contributed by atoms with E-state index in [1.165, 1.54) is 11.8 Å². The fourth-order valence-electron chi connectivity index (χ4n) is 2.78. The van der Waals surface area contributed by atoms with Crippen molar-refractivity contribution >= 4 is 28.6 Å². The number of rotatable bonds is 9. The highest BCUT2D eigenvalue weighted by Crippen LogP contribution is 2.19. The van der Waals surface area contributed by atoms with E-state index in [1.807, 2.05) is 36.4 Å². The van der Waals surface area contributed by atoms with Gasteiger partial charge in [0.05, 0.1) is 36.9 Å². The van der Waals surface area contributed by atoms with Crippen molar-refractivity contribution in [3.8, 4) is 5.75 Å². The molecule has 152 valence electrons. The number of carbonyl (C=O) groups excluding carboxylic acids is 1. The van der Waals surface area contributed by atoms with E-state index in [2.05, 4.69) is 10.3 Å². The van der Waals surface area contributed by atoms with Crippen LogP contribution in [0.25, 0.3) is 10.9 Å². The third-order valence-electron chi connectivity index (χ3n) is 4.29. The Bertz CT molecular complexity index is 1030. The minimum atomic E-state index is -0.134. The lowest BCUT2D eigenvalue weighted by atomic mass is 10.2. The molecule has 1 amide bonds. The molecule has 0 saturated heterocycles. The fourth-order valence-corrected chi connectivity index (χ4v) is 3.61. The van der Waals surface area contributed by atoms with Gasteiger partial charge in [-0.05, 0) is 29.8 Å². The van der Waals surface area contributed by atoms with E-state index >= 15 is 0 Å². The highest BCUT2D eigenvalue weighted by molar-refractivity contribution is 7.99. The number of hydrogen-bond acceptors (Lipinski definition) is 6. The normalized spacial score (nSPS) is 10.8. The van der Waals surface area contributed by atoms with Gasteiger partial charge in [0.25, 0.3) is 5.56 Å². The Balaban J connectivity index is 1.88.